The number of rotatable bonds is 5. The van der Waals surface area contributed by atoms with Crippen LogP contribution in [0.1, 0.15) is 18.1 Å². The first kappa shape index (κ1) is 15.1. The van der Waals surface area contributed by atoms with E-state index in [4.69, 9.17) is 5.73 Å². The van der Waals surface area contributed by atoms with E-state index < -0.39 is 10.0 Å². The zero-order valence-electron chi connectivity index (χ0n) is 11.5. The van der Waals surface area contributed by atoms with Gasteiger partial charge in [0.05, 0.1) is 4.90 Å². The number of aryl methyl sites for hydroxylation is 2. The largest absolute Gasteiger partial charge is 0.330 e. The smallest absolute Gasteiger partial charge is 0.243 e. The highest BCUT2D eigenvalue weighted by Crippen LogP contribution is 2.20. The van der Waals surface area contributed by atoms with Crippen molar-refractivity contribution in [3.05, 3.63) is 29.3 Å². The maximum Gasteiger partial charge on any atom is 0.243 e. The van der Waals surface area contributed by atoms with Gasteiger partial charge in [-0.1, -0.05) is 19.1 Å². The third kappa shape index (κ3) is 3.31. The van der Waals surface area contributed by atoms with Crippen LogP contribution < -0.4 is 5.73 Å². The molecule has 0 aliphatic carbocycles. The molecule has 0 fully saturated rings. The van der Waals surface area contributed by atoms with Gasteiger partial charge in [-0.25, -0.2) is 12.7 Å². The Morgan fingerprint density at radius 1 is 1.33 bits per heavy atom. The lowest BCUT2D eigenvalue weighted by Gasteiger charge is -2.21. The van der Waals surface area contributed by atoms with Crippen LogP contribution >= 0.6 is 0 Å². The fourth-order valence-electron chi connectivity index (χ4n) is 1.76. The Morgan fingerprint density at radius 2 is 1.94 bits per heavy atom. The molecular weight excluding hydrogens is 248 g/mol. The van der Waals surface area contributed by atoms with E-state index in [9.17, 15) is 8.42 Å². The second-order valence-electron chi connectivity index (χ2n) is 4.90. The van der Waals surface area contributed by atoms with E-state index in [1.165, 1.54) is 4.31 Å². The van der Waals surface area contributed by atoms with Crippen LogP contribution in [0, 0.1) is 19.8 Å². The van der Waals surface area contributed by atoms with E-state index in [2.05, 4.69) is 0 Å². The van der Waals surface area contributed by atoms with Crippen LogP contribution in [-0.2, 0) is 10.0 Å². The third-order valence-electron chi connectivity index (χ3n) is 3.00. The molecule has 1 aromatic rings. The molecule has 0 amide bonds. The lowest BCUT2D eigenvalue weighted by molar-refractivity contribution is 0.405. The summed E-state index contributed by atoms with van der Waals surface area (Å²) in [6.45, 7) is 6.56. The fraction of sp³-hybridized carbons (Fsp3) is 0.538. The standard InChI is InChI=1S/C13H22N2O2S/c1-10-5-6-12(3)13(7-10)18(16,17)15(4)9-11(2)8-14/h5-7,11H,8-9,14H2,1-4H3. The summed E-state index contributed by atoms with van der Waals surface area (Å²) in [7, 11) is -1.82. The van der Waals surface area contributed by atoms with Crippen molar-refractivity contribution in [1.29, 1.82) is 0 Å². The van der Waals surface area contributed by atoms with Gasteiger partial charge < -0.3 is 5.73 Å². The minimum atomic E-state index is -3.42. The van der Waals surface area contributed by atoms with Gasteiger partial charge in [-0.2, -0.15) is 0 Å². The molecule has 0 aliphatic heterocycles. The Labute approximate surface area is 110 Å². The molecule has 0 saturated carbocycles. The number of hydrogen-bond donors (Lipinski definition) is 1. The molecule has 1 unspecified atom stereocenters. The summed E-state index contributed by atoms with van der Waals surface area (Å²) < 4.78 is 26.3. The quantitative estimate of drug-likeness (QED) is 0.882. The summed E-state index contributed by atoms with van der Waals surface area (Å²) in [5.41, 5.74) is 7.25. The van der Waals surface area contributed by atoms with Crippen LogP contribution in [0.25, 0.3) is 0 Å². The van der Waals surface area contributed by atoms with Crippen LogP contribution in [0.4, 0.5) is 0 Å². The van der Waals surface area contributed by atoms with Gasteiger partial charge in [0, 0.05) is 13.6 Å². The Hall–Kier alpha value is -0.910. The van der Waals surface area contributed by atoms with E-state index in [-0.39, 0.29) is 5.92 Å². The first-order valence-electron chi connectivity index (χ1n) is 6.02. The molecule has 18 heavy (non-hydrogen) atoms. The highest BCUT2D eigenvalue weighted by atomic mass is 32.2. The summed E-state index contributed by atoms with van der Waals surface area (Å²) in [5, 5.41) is 0. The van der Waals surface area contributed by atoms with Crippen molar-refractivity contribution in [2.45, 2.75) is 25.7 Å². The van der Waals surface area contributed by atoms with Crippen LogP contribution in [-0.4, -0.2) is 32.9 Å². The summed E-state index contributed by atoms with van der Waals surface area (Å²) in [4.78, 5) is 0.384. The van der Waals surface area contributed by atoms with Crippen molar-refractivity contribution in [3.8, 4) is 0 Å². The molecule has 0 bridgehead atoms. The zero-order valence-corrected chi connectivity index (χ0v) is 12.3. The molecule has 4 nitrogen and oxygen atoms in total. The lowest BCUT2D eigenvalue weighted by atomic mass is 10.2. The molecule has 0 aromatic heterocycles. The van der Waals surface area contributed by atoms with Gasteiger partial charge in [0.1, 0.15) is 0 Å². The second kappa shape index (κ2) is 5.82. The normalized spacial score (nSPS) is 13.9. The van der Waals surface area contributed by atoms with Gasteiger partial charge in [0.25, 0.3) is 0 Å². The maximum absolute atomic E-state index is 12.4. The average molecular weight is 270 g/mol. The number of hydrogen-bond acceptors (Lipinski definition) is 3. The molecular formula is C13H22N2O2S. The van der Waals surface area contributed by atoms with E-state index in [1.54, 1.807) is 13.1 Å². The number of benzene rings is 1. The average Bonchev–Trinajstić information content (AvgIpc) is 2.31. The number of nitrogens with two attached hydrogens (primary N) is 1. The predicted octanol–water partition coefficient (Wildman–Crippen LogP) is 1.52. The first-order valence-corrected chi connectivity index (χ1v) is 7.46. The summed E-state index contributed by atoms with van der Waals surface area (Å²) in [6.07, 6.45) is 0. The zero-order chi connectivity index (χ0) is 13.9. The van der Waals surface area contributed by atoms with E-state index in [0.29, 0.717) is 18.0 Å². The van der Waals surface area contributed by atoms with Crippen LogP contribution in [0.5, 0.6) is 0 Å². The van der Waals surface area contributed by atoms with Gasteiger partial charge in [0.15, 0.2) is 0 Å². The van der Waals surface area contributed by atoms with Crippen LogP contribution in [0.15, 0.2) is 23.1 Å². The summed E-state index contributed by atoms with van der Waals surface area (Å²) in [5.74, 6) is 0.148. The fourth-order valence-corrected chi connectivity index (χ4v) is 3.36. The van der Waals surface area contributed by atoms with Gasteiger partial charge in [-0.05, 0) is 43.5 Å². The summed E-state index contributed by atoms with van der Waals surface area (Å²) in [6, 6.07) is 5.47. The highest BCUT2D eigenvalue weighted by molar-refractivity contribution is 7.89. The molecule has 1 rings (SSSR count). The van der Waals surface area contributed by atoms with Crippen molar-refractivity contribution >= 4 is 10.0 Å². The van der Waals surface area contributed by atoms with E-state index in [0.717, 1.165) is 11.1 Å². The lowest BCUT2D eigenvalue weighted by Crippen LogP contribution is -2.33. The Kier molecular flexibility index (Phi) is 4.90. The van der Waals surface area contributed by atoms with Crippen molar-refractivity contribution < 1.29 is 8.42 Å². The van der Waals surface area contributed by atoms with Gasteiger partial charge in [-0.15, -0.1) is 0 Å². The Bertz CT molecular complexity index is 512. The molecule has 5 heteroatoms. The maximum atomic E-state index is 12.4. The Balaban J connectivity index is 3.09. The predicted molar refractivity (Wildman–Crippen MR) is 74.0 cm³/mol. The number of nitrogens with zero attached hydrogens (tertiary/aromatic N) is 1. The molecule has 0 heterocycles. The minimum absolute atomic E-state index is 0.148. The van der Waals surface area contributed by atoms with Crippen molar-refractivity contribution in [2.75, 3.05) is 20.1 Å². The molecule has 0 spiro atoms. The van der Waals surface area contributed by atoms with Gasteiger partial charge in [-0.3, -0.25) is 0 Å². The Morgan fingerprint density at radius 3 is 2.50 bits per heavy atom. The topological polar surface area (TPSA) is 63.4 Å². The van der Waals surface area contributed by atoms with Crippen molar-refractivity contribution in [1.82, 2.24) is 4.31 Å². The molecule has 0 radical (unpaired) electrons. The van der Waals surface area contributed by atoms with Gasteiger partial charge in [0.2, 0.25) is 10.0 Å². The second-order valence-corrected chi connectivity index (χ2v) is 6.91. The SMILES string of the molecule is Cc1ccc(C)c(S(=O)(=O)N(C)CC(C)CN)c1. The van der Waals surface area contributed by atoms with E-state index in [1.807, 2.05) is 32.9 Å². The third-order valence-corrected chi connectivity index (χ3v) is 4.97. The number of sulfonamides is 1. The molecule has 102 valence electrons. The summed E-state index contributed by atoms with van der Waals surface area (Å²) >= 11 is 0. The van der Waals surface area contributed by atoms with Crippen LogP contribution in [0.2, 0.25) is 0 Å². The van der Waals surface area contributed by atoms with Crippen molar-refractivity contribution in [2.24, 2.45) is 11.7 Å². The first-order chi connectivity index (χ1) is 8.28. The van der Waals surface area contributed by atoms with E-state index >= 15 is 0 Å². The highest BCUT2D eigenvalue weighted by Gasteiger charge is 2.23. The molecule has 1 atom stereocenters. The van der Waals surface area contributed by atoms with Crippen LogP contribution in [0.3, 0.4) is 0 Å². The monoisotopic (exact) mass is 270 g/mol. The molecule has 1 aromatic carbocycles. The minimum Gasteiger partial charge on any atom is -0.330 e. The molecule has 2 N–H and O–H groups in total. The van der Waals surface area contributed by atoms with Crippen molar-refractivity contribution in [3.63, 3.8) is 0 Å². The molecule has 0 saturated heterocycles. The molecule has 0 aliphatic rings. The van der Waals surface area contributed by atoms with Gasteiger partial charge >= 0.3 is 0 Å².